The average Bonchev–Trinajstić information content (AvgIpc) is 3.17. The molecule has 0 bridgehead atoms. The lowest BCUT2D eigenvalue weighted by molar-refractivity contribution is -0.160. The molecule has 0 spiro atoms. The number of ketones is 1. The van der Waals surface area contributed by atoms with Gasteiger partial charge in [-0.3, -0.25) is 14.4 Å². The molecule has 10 unspecified atom stereocenters. The van der Waals surface area contributed by atoms with E-state index in [1.54, 1.807) is 6.92 Å². The molecule has 0 saturated heterocycles. The molecule has 5 heteroatoms. The normalized spacial score (nSPS) is 41.3. The van der Waals surface area contributed by atoms with Crippen molar-refractivity contribution in [2.75, 3.05) is 6.61 Å². The fourth-order valence-electron chi connectivity index (χ4n) is 9.61. The highest BCUT2D eigenvalue weighted by molar-refractivity contribution is 5.81. The molecule has 0 radical (unpaired) electrons. The van der Waals surface area contributed by atoms with E-state index in [0.717, 1.165) is 37.0 Å². The Morgan fingerprint density at radius 3 is 2.25 bits per heavy atom. The summed E-state index contributed by atoms with van der Waals surface area (Å²) in [5.41, 5.74) is 0.649. The van der Waals surface area contributed by atoms with Crippen molar-refractivity contribution in [3.63, 3.8) is 0 Å². The highest BCUT2D eigenvalue weighted by Crippen LogP contribution is 2.68. The third kappa shape index (κ3) is 5.27. The SMILES string of the molecule is CC(=O)OCC(C)CCC(=O)C(C)C1CCC2C3CCC4CC(OC(C)=O)CCC4(C)C3CCC12C. The van der Waals surface area contributed by atoms with Crippen LogP contribution in [0.25, 0.3) is 0 Å². The van der Waals surface area contributed by atoms with Crippen LogP contribution in [0.3, 0.4) is 0 Å². The van der Waals surface area contributed by atoms with Crippen LogP contribution in [-0.2, 0) is 23.9 Å². The highest BCUT2D eigenvalue weighted by atomic mass is 16.5. The third-order valence-corrected chi connectivity index (χ3v) is 11.6. The summed E-state index contributed by atoms with van der Waals surface area (Å²) in [6, 6.07) is 0. The minimum absolute atomic E-state index is 0.114. The minimum atomic E-state index is -0.248. The molecule has 4 rings (SSSR count). The van der Waals surface area contributed by atoms with Crippen LogP contribution in [0.1, 0.15) is 112 Å². The van der Waals surface area contributed by atoms with E-state index in [-0.39, 0.29) is 35.3 Å². The predicted molar refractivity (Wildman–Crippen MR) is 140 cm³/mol. The number of hydrogen-bond donors (Lipinski definition) is 0. The molecule has 4 saturated carbocycles. The second-order valence-electron chi connectivity index (χ2n) is 13.6. The summed E-state index contributed by atoms with van der Waals surface area (Å²) >= 11 is 0. The van der Waals surface area contributed by atoms with Crippen LogP contribution in [-0.4, -0.2) is 30.4 Å². The monoisotopic (exact) mass is 502 g/mol. The molecule has 0 aromatic heterocycles. The first-order valence-corrected chi connectivity index (χ1v) is 14.8. The van der Waals surface area contributed by atoms with Crippen LogP contribution in [0.4, 0.5) is 0 Å². The molecule has 4 fully saturated rings. The number of carbonyl (C=O) groups excluding carboxylic acids is 3. The zero-order chi connectivity index (χ0) is 26.3. The molecule has 4 aliphatic carbocycles. The maximum absolute atomic E-state index is 13.3. The van der Waals surface area contributed by atoms with Crippen molar-refractivity contribution < 1.29 is 23.9 Å². The van der Waals surface area contributed by atoms with Crippen molar-refractivity contribution in [1.82, 2.24) is 0 Å². The second-order valence-corrected chi connectivity index (χ2v) is 13.6. The largest absolute Gasteiger partial charge is 0.466 e. The Hall–Kier alpha value is -1.39. The van der Waals surface area contributed by atoms with Gasteiger partial charge in [0.05, 0.1) is 6.61 Å². The maximum atomic E-state index is 13.3. The number of ether oxygens (including phenoxy) is 2. The number of rotatable bonds is 8. The number of Topliss-reactive ketones (excluding diaryl/α,β-unsaturated/α-hetero) is 1. The Balaban J connectivity index is 1.38. The van der Waals surface area contributed by atoms with E-state index in [1.807, 2.05) is 0 Å². The smallest absolute Gasteiger partial charge is 0.302 e. The van der Waals surface area contributed by atoms with Crippen molar-refractivity contribution in [2.45, 2.75) is 118 Å². The maximum Gasteiger partial charge on any atom is 0.302 e. The van der Waals surface area contributed by atoms with Crippen molar-refractivity contribution >= 4 is 17.7 Å². The van der Waals surface area contributed by atoms with Crippen LogP contribution in [0.5, 0.6) is 0 Å². The molecular formula is C31H50O5. The van der Waals surface area contributed by atoms with Gasteiger partial charge in [0.2, 0.25) is 0 Å². The molecule has 0 N–H and O–H groups in total. The summed E-state index contributed by atoms with van der Waals surface area (Å²) in [6.45, 7) is 12.7. The van der Waals surface area contributed by atoms with Gasteiger partial charge in [-0.15, -0.1) is 0 Å². The van der Waals surface area contributed by atoms with Crippen LogP contribution in [0, 0.1) is 52.3 Å². The molecule has 4 aliphatic rings. The molecule has 36 heavy (non-hydrogen) atoms. The van der Waals surface area contributed by atoms with Gasteiger partial charge < -0.3 is 9.47 Å². The molecule has 0 heterocycles. The molecule has 0 aliphatic heterocycles. The lowest BCUT2D eigenvalue weighted by Gasteiger charge is -2.61. The number of fused-ring (bicyclic) bond motifs is 5. The molecule has 0 aromatic carbocycles. The predicted octanol–water partition coefficient (Wildman–Crippen LogP) is 6.76. The third-order valence-electron chi connectivity index (χ3n) is 11.6. The zero-order valence-electron chi connectivity index (χ0n) is 23.6. The standard InChI is InChI=1S/C31H50O5/c1-19(18-35-21(3)32)7-12-29(34)20(2)26-10-11-27-25-9-8-23-17-24(36-22(4)33)13-15-30(23,5)28(25)14-16-31(26,27)6/h19-20,23-28H,7-18H2,1-6H3. The van der Waals surface area contributed by atoms with Gasteiger partial charge in [0.1, 0.15) is 11.9 Å². The lowest BCUT2D eigenvalue weighted by atomic mass is 9.44. The topological polar surface area (TPSA) is 69.7 Å². The van der Waals surface area contributed by atoms with Gasteiger partial charge in [-0.2, -0.15) is 0 Å². The zero-order valence-corrected chi connectivity index (χ0v) is 23.6. The van der Waals surface area contributed by atoms with E-state index < -0.39 is 0 Å². The van der Waals surface area contributed by atoms with Crippen LogP contribution < -0.4 is 0 Å². The molecule has 0 amide bonds. The lowest BCUT2D eigenvalue weighted by Crippen LogP contribution is -2.54. The summed E-state index contributed by atoms with van der Waals surface area (Å²) in [7, 11) is 0. The van der Waals surface area contributed by atoms with Crippen LogP contribution >= 0.6 is 0 Å². The summed E-state index contributed by atoms with van der Waals surface area (Å²) in [5, 5.41) is 0. The van der Waals surface area contributed by atoms with Crippen molar-refractivity contribution in [3.05, 3.63) is 0 Å². The Morgan fingerprint density at radius 1 is 0.861 bits per heavy atom. The van der Waals surface area contributed by atoms with Crippen molar-refractivity contribution in [1.29, 1.82) is 0 Å². The fourth-order valence-corrected chi connectivity index (χ4v) is 9.61. The first-order valence-electron chi connectivity index (χ1n) is 14.8. The highest BCUT2D eigenvalue weighted by Gasteiger charge is 2.61. The molecule has 10 atom stereocenters. The summed E-state index contributed by atoms with van der Waals surface area (Å²) in [4.78, 5) is 35.9. The molecular weight excluding hydrogens is 452 g/mol. The Kier molecular flexibility index (Phi) is 8.27. The quantitative estimate of drug-likeness (QED) is 0.343. The van der Waals surface area contributed by atoms with Gasteiger partial charge in [0.15, 0.2) is 0 Å². The number of carbonyl (C=O) groups is 3. The first-order chi connectivity index (χ1) is 17.0. The van der Waals surface area contributed by atoms with E-state index >= 15 is 0 Å². The van der Waals surface area contributed by atoms with Gasteiger partial charge in [-0.05, 0) is 111 Å². The second kappa shape index (κ2) is 10.8. The van der Waals surface area contributed by atoms with Crippen molar-refractivity contribution in [2.24, 2.45) is 52.3 Å². The van der Waals surface area contributed by atoms with E-state index in [4.69, 9.17) is 9.47 Å². The Labute approximate surface area is 218 Å². The van der Waals surface area contributed by atoms with Gasteiger partial charge in [-0.1, -0.05) is 27.7 Å². The number of esters is 2. The van der Waals surface area contributed by atoms with E-state index in [1.165, 1.54) is 51.9 Å². The van der Waals surface area contributed by atoms with Crippen LogP contribution in [0.2, 0.25) is 0 Å². The molecule has 204 valence electrons. The molecule has 0 aromatic rings. The van der Waals surface area contributed by atoms with Gasteiger partial charge in [0, 0.05) is 26.2 Å². The van der Waals surface area contributed by atoms with Crippen LogP contribution in [0.15, 0.2) is 0 Å². The van der Waals surface area contributed by atoms with Crippen molar-refractivity contribution in [3.8, 4) is 0 Å². The van der Waals surface area contributed by atoms with Gasteiger partial charge in [0.25, 0.3) is 0 Å². The fraction of sp³-hybridized carbons (Fsp3) is 0.903. The average molecular weight is 503 g/mol. The van der Waals surface area contributed by atoms with Gasteiger partial charge in [-0.25, -0.2) is 0 Å². The van der Waals surface area contributed by atoms with E-state index in [2.05, 4.69) is 27.7 Å². The number of hydrogen-bond acceptors (Lipinski definition) is 5. The van der Waals surface area contributed by atoms with E-state index in [9.17, 15) is 14.4 Å². The molecule has 5 nitrogen and oxygen atoms in total. The summed E-state index contributed by atoms with van der Waals surface area (Å²) in [5.74, 6) is 3.82. The Morgan fingerprint density at radius 2 is 1.56 bits per heavy atom. The van der Waals surface area contributed by atoms with Gasteiger partial charge >= 0.3 is 11.9 Å². The summed E-state index contributed by atoms with van der Waals surface area (Å²) < 4.78 is 10.8. The van der Waals surface area contributed by atoms with E-state index in [0.29, 0.717) is 36.1 Å². The Bertz CT molecular complexity index is 837. The minimum Gasteiger partial charge on any atom is -0.466 e. The summed E-state index contributed by atoms with van der Waals surface area (Å²) in [6.07, 6.45) is 12.3. The first kappa shape index (κ1) is 27.6.